The first-order valence-corrected chi connectivity index (χ1v) is 10.2. The zero-order valence-corrected chi connectivity index (χ0v) is 16.3. The molecule has 0 fully saturated rings. The molecule has 8 heteroatoms. The van der Waals surface area contributed by atoms with Gasteiger partial charge in [0, 0.05) is 45.0 Å². The van der Waals surface area contributed by atoms with Crippen LogP contribution < -0.4 is 0 Å². The Balaban J connectivity index is 2.07. The van der Waals surface area contributed by atoms with Crippen LogP contribution in [0.25, 0.3) is 30.9 Å². The Hall–Kier alpha value is -3.10. The second-order valence-corrected chi connectivity index (χ2v) is 8.75. The highest BCUT2D eigenvalue weighted by Gasteiger charge is 2.42. The maximum absolute atomic E-state index is 13.1. The van der Waals surface area contributed by atoms with Crippen molar-refractivity contribution in [2.45, 2.75) is 0 Å². The third-order valence-corrected chi connectivity index (χ3v) is 7.51. The number of rotatable bonds is 0. The average Bonchev–Trinajstić information content (AvgIpc) is 3.35. The Bertz CT molecular complexity index is 1260. The van der Waals surface area contributed by atoms with E-state index in [2.05, 4.69) is 0 Å². The van der Waals surface area contributed by atoms with Crippen molar-refractivity contribution < 1.29 is 19.2 Å². The molecule has 4 amide bonds. The SMILES string of the molecule is CN1C(=O)c2c3ccsc3c3c4c(c5ccsc5c(c24)C1=O)C(=O)N(C)C3=O. The van der Waals surface area contributed by atoms with E-state index in [1.165, 1.54) is 36.8 Å². The zero-order chi connectivity index (χ0) is 19.5. The van der Waals surface area contributed by atoms with Crippen LogP contribution in [0.2, 0.25) is 0 Å². The van der Waals surface area contributed by atoms with Gasteiger partial charge < -0.3 is 0 Å². The fourth-order valence-corrected chi connectivity index (χ4v) is 6.24. The predicted octanol–water partition coefficient (Wildman–Crippen LogP) is 3.72. The molecule has 2 aromatic heterocycles. The van der Waals surface area contributed by atoms with Gasteiger partial charge >= 0.3 is 0 Å². The lowest BCUT2D eigenvalue weighted by Crippen LogP contribution is -2.40. The Kier molecular flexibility index (Phi) is 2.75. The number of benzene rings is 2. The standard InChI is InChI=1S/C20H10N2O4S2/c1-21-17(23)9-7-3-5-28-16(7)14-12-10(18(24)22(2)20(14)26)8-4-6-27-15(8)13(11(9)12)19(21)25/h3-6H,1-2H3. The van der Waals surface area contributed by atoms with E-state index in [9.17, 15) is 19.2 Å². The lowest BCUT2D eigenvalue weighted by atomic mass is 9.83. The van der Waals surface area contributed by atoms with Gasteiger partial charge in [-0.15, -0.1) is 22.7 Å². The highest BCUT2D eigenvalue weighted by atomic mass is 32.1. The van der Waals surface area contributed by atoms with Gasteiger partial charge in [0.1, 0.15) is 0 Å². The molecule has 0 spiro atoms. The first-order chi connectivity index (χ1) is 13.4. The van der Waals surface area contributed by atoms with Gasteiger partial charge in [-0.3, -0.25) is 29.0 Å². The summed E-state index contributed by atoms with van der Waals surface area (Å²) in [5.74, 6) is -1.63. The monoisotopic (exact) mass is 406 g/mol. The van der Waals surface area contributed by atoms with Gasteiger partial charge in [0.25, 0.3) is 23.6 Å². The molecule has 6 rings (SSSR count). The summed E-state index contributed by atoms with van der Waals surface area (Å²) in [5.41, 5.74) is 1.60. The highest BCUT2D eigenvalue weighted by Crippen LogP contribution is 2.48. The summed E-state index contributed by atoms with van der Waals surface area (Å²) in [6.07, 6.45) is 0. The summed E-state index contributed by atoms with van der Waals surface area (Å²) in [6.45, 7) is 0. The Labute approximate surface area is 165 Å². The van der Waals surface area contributed by atoms with Crippen molar-refractivity contribution in [2.75, 3.05) is 14.1 Å². The smallest absolute Gasteiger partial charge is 0.262 e. The summed E-state index contributed by atoms with van der Waals surface area (Å²) in [4.78, 5) is 54.6. The quantitative estimate of drug-likeness (QED) is 0.417. The van der Waals surface area contributed by atoms with E-state index in [4.69, 9.17) is 0 Å². The van der Waals surface area contributed by atoms with Gasteiger partial charge in [-0.25, -0.2) is 0 Å². The van der Waals surface area contributed by atoms with Gasteiger partial charge in [0.05, 0.1) is 22.3 Å². The topological polar surface area (TPSA) is 74.8 Å². The van der Waals surface area contributed by atoms with Gasteiger partial charge in [0.15, 0.2) is 0 Å². The predicted molar refractivity (Wildman–Crippen MR) is 108 cm³/mol. The summed E-state index contributed by atoms with van der Waals surface area (Å²) < 4.78 is 1.34. The number of amides is 4. The van der Waals surface area contributed by atoms with E-state index in [-0.39, 0.29) is 0 Å². The van der Waals surface area contributed by atoms with Crippen molar-refractivity contribution in [3.05, 3.63) is 45.1 Å². The van der Waals surface area contributed by atoms with Crippen molar-refractivity contribution >= 4 is 77.2 Å². The van der Waals surface area contributed by atoms with E-state index in [1.807, 2.05) is 10.8 Å². The first-order valence-electron chi connectivity index (χ1n) is 8.48. The maximum atomic E-state index is 13.1. The minimum Gasteiger partial charge on any atom is -0.277 e. The van der Waals surface area contributed by atoms with Crippen LogP contribution in [-0.2, 0) is 0 Å². The van der Waals surface area contributed by atoms with Crippen LogP contribution in [0, 0.1) is 0 Å². The van der Waals surface area contributed by atoms with Crippen molar-refractivity contribution in [2.24, 2.45) is 0 Å². The maximum Gasteiger partial charge on any atom is 0.262 e. The summed E-state index contributed by atoms with van der Waals surface area (Å²) in [5, 5.41) is 5.83. The van der Waals surface area contributed by atoms with Crippen LogP contribution in [0.3, 0.4) is 0 Å². The van der Waals surface area contributed by atoms with Gasteiger partial charge in [-0.2, -0.15) is 0 Å². The van der Waals surface area contributed by atoms with Gasteiger partial charge in [-0.05, 0) is 22.9 Å². The molecular weight excluding hydrogens is 396 g/mol. The molecule has 0 unspecified atom stereocenters. The van der Waals surface area contributed by atoms with Crippen LogP contribution in [-0.4, -0.2) is 47.5 Å². The normalized spacial score (nSPS) is 16.4. The molecule has 4 heterocycles. The number of imide groups is 2. The highest BCUT2D eigenvalue weighted by molar-refractivity contribution is 7.18. The number of hydrogen-bond donors (Lipinski definition) is 0. The molecule has 0 radical (unpaired) electrons. The van der Waals surface area contributed by atoms with Crippen LogP contribution in [0.5, 0.6) is 0 Å². The molecule has 0 N–H and O–H groups in total. The minimum absolute atomic E-state index is 0.397. The molecule has 4 aromatic rings. The van der Waals surface area contributed by atoms with Crippen molar-refractivity contribution in [1.82, 2.24) is 9.80 Å². The van der Waals surface area contributed by atoms with E-state index in [0.717, 1.165) is 9.80 Å². The molecule has 136 valence electrons. The molecule has 6 nitrogen and oxygen atoms in total. The number of carbonyl (C=O) groups is 4. The summed E-state index contributed by atoms with van der Waals surface area (Å²) >= 11 is 2.72. The fourth-order valence-electron chi connectivity index (χ4n) is 4.35. The Morgan fingerprint density at radius 1 is 0.607 bits per heavy atom. The fraction of sp³-hybridized carbons (Fsp3) is 0.100. The lowest BCUT2D eigenvalue weighted by molar-refractivity contribution is 0.0633. The molecule has 0 bridgehead atoms. The largest absolute Gasteiger partial charge is 0.277 e. The van der Waals surface area contributed by atoms with Crippen LogP contribution >= 0.6 is 22.7 Å². The molecular formula is C20H10N2O4S2. The third kappa shape index (κ3) is 1.52. The van der Waals surface area contributed by atoms with E-state index < -0.39 is 23.6 Å². The van der Waals surface area contributed by atoms with Crippen molar-refractivity contribution in [3.63, 3.8) is 0 Å². The molecule has 0 atom stereocenters. The number of thiophene rings is 2. The van der Waals surface area contributed by atoms with E-state index >= 15 is 0 Å². The number of nitrogens with zero attached hydrogens (tertiary/aromatic N) is 2. The number of fused-ring (bicyclic) bond motifs is 6. The minimum atomic E-state index is -0.409. The Morgan fingerprint density at radius 3 is 1.36 bits per heavy atom. The Morgan fingerprint density at radius 2 is 0.964 bits per heavy atom. The number of carbonyl (C=O) groups excluding carboxylic acids is 4. The molecule has 0 aliphatic carbocycles. The molecule has 2 aliphatic heterocycles. The lowest BCUT2D eigenvalue weighted by Gasteiger charge is -2.31. The molecule has 2 aromatic carbocycles. The second-order valence-electron chi connectivity index (χ2n) is 6.92. The first kappa shape index (κ1) is 15.9. The average molecular weight is 406 g/mol. The van der Waals surface area contributed by atoms with Crippen molar-refractivity contribution in [3.8, 4) is 0 Å². The second kappa shape index (κ2) is 4.84. The van der Waals surface area contributed by atoms with Crippen LogP contribution in [0.15, 0.2) is 22.9 Å². The van der Waals surface area contributed by atoms with Gasteiger partial charge in [0.2, 0.25) is 0 Å². The van der Waals surface area contributed by atoms with Crippen LogP contribution in [0.1, 0.15) is 41.4 Å². The van der Waals surface area contributed by atoms with E-state index in [1.54, 1.807) is 12.1 Å². The van der Waals surface area contributed by atoms with Crippen molar-refractivity contribution in [1.29, 1.82) is 0 Å². The molecule has 0 saturated carbocycles. The number of hydrogen-bond acceptors (Lipinski definition) is 6. The van der Waals surface area contributed by atoms with E-state index in [0.29, 0.717) is 53.2 Å². The molecule has 28 heavy (non-hydrogen) atoms. The van der Waals surface area contributed by atoms with Gasteiger partial charge in [-0.1, -0.05) is 0 Å². The molecule has 0 saturated heterocycles. The van der Waals surface area contributed by atoms with Crippen LogP contribution in [0.4, 0.5) is 0 Å². The third-order valence-electron chi connectivity index (χ3n) is 5.65. The molecule has 2 aliphatic rings. The zero-order valence-electron chi connectivity index (χ0n) is 14.7. The summed E-state index contributed by atoms with van der Waals surface area (Å²) in [6, 6.07) is 3.61. The summed E-state index contributed by atoms with van der Waals surface area (Å²) in [7, 11) is 2.93.